The lowest BCUT2D eigenvalue weighted by Crippen LogP contribution is -2.51. The zero-order valence-electron chi connectivity index (χ0n) is 24.9. The summed E-state index contributed by atoms with van der Waals surface area (Å²) in [6, 6.07) is 15.0. The Kier molecular flexibility index (Phi) is 8.51. The summed E-state index contributed by atoms with van der Waals surface area (Å²) in [5.74, 6) is 1.80. The van der Waals surface area contributed by atoms with Gasteiger partial charge in [-0.1, -0.05) is 48.9 Å². The van der Waals surface area contributed by atoms with Crippen molar-refractivity contribution in [2.75, 3.05) is 23.7 Å². The normalized spacial score (nSPS) is 25.5. The van der Waals surface area contributed by atoms with Crippen LogP contribution >= 0.6 is 0 Å². The van der Waals surface area contributed by atoms with Crippen LogP contribution in [0.25, 0.3) is 0 Å². The third kappa shape index (κ3) is 6.47. The molecular formula is C33H45N3O4S. The number of anilines is 1. The van der Waals surface area contributed by atoms with E-state index in [0.29, 0.717) is 12.2 Å². The number of hydrogen-bond donors (Lipinski definition) is 1. The van der Waals surface area contributed by atoms with Gasteiger partial charge >= 0.3 is 0 Å². The predicted molar refractivity (Wildman–Crippen MR) is 163 cm³/mol. The Labute approximate surface area is 245 Å². The van der Waals surface area contributed by atoms with Crippen molar-refractivity contribution in [3.05, 3.63) is 65.2 Å². The summed E-state index contributed by atoms with van der Waals surface area (Å²) in [6.07, 6.45) is 9.73. The first-order valence-corrected chi connectivity index (χ1v) is 17.0. The second kappa shape index (κ2) is 11.8. The number of carbonyl (C=O) groups is 2. The summed E-state index contributed by atoms with van der Waals surface area (Å²) >= 11 is 0. The highest BCUT2D eigenvalue weighted by Crippen LogP contribution is 2.60. The van der Waals surface area contributed by atoms with Gasteiger partial charge in [0.25, 0.3) is 0 Å². The highest BCUT2D eigenvalue weighted by Gasteiger charge is 2.51. The van der Waals surface area contributed by atoms with Gasteiger partial charge in [-0.15, -0.1) is 0 Å². The SMILES string of the molecule is CCCNC(=O)C(C)N(Cc1cccc(C)c1)C(=O)CN(c1ccc(C23CC4CC(CC(C4)C2)C3)cc1)S(C)(=O)=O. The molecule has 4 saturated carbocycles. The second-order valence-corrected chi connectivity index (χ2v) is 14.9. The quantitative estimate of drug-likeness (QED) is 0.398. The van der Waals surface area contributed by atoms with E-state index < -0.39 is 22.0 Å². The maximum absolute atomic E-state index is 13.8. The van der Waals surface area contributed by atoms with Crippen molar-refractivity contribution in [2.45, 2.75) is 83.7 Å². The highest BCUT2D eigenvalue weighted by atomic mass is 32.2. The van der Waals surface area contributed by atoms with Crippen LogP contribution in [0, 0.1) is 24.7 Å². The fourth-order valence-corrected chi connectivity index (χ4v) is 8.89. The molecule has 41 heavy (non-hydrogen) atoms. The van der Waals surface area contributed by atoms with Crippen molar-refractivity contribution in [3.63, 3.8) is 0 Å². The number of aryl methyl sites for hydroxylation is 1. The molecule has 222 valence electrons. The van der Waals surface area contributed by atoms with Gasteiger partial charge in [0.15, 0.2) is 0 Å². The molecule has 0 aliphatic heterocycles. The average molecular weight is 580 g/mol. The van der Waals surface area contributed by atoms with E-state index in [9.17, 15) is 18.0 Å². The van der Waals surface area contributed by atoms with E-state index in [1.807, 2.05) is 50.2 Å². The zero-order valence-corrected chi connectivity index (χ0v) is 25.8. The van der Waals surface area contributed by atoms with Gasteiger partial charge in [-0.2, -0.15) is 0 Å². The second-order valence-electron chi connectivity index (χ2n) is 13.0. The Morgan fingerprint density at radius 3 is 2.15 bits per heavy atom. The minimum atomic E-state index is -3.76. The lowest BCUT2D eigenvalue weighted by Gasteiger charge is -2.57. The van der Waals surface area contributed by atoms with Crippen LogP contribution in [-0.2, 0) is 31.6 Å². The third-order valence-corrected chi connectivity index (χ3v) is 10.8. The van der Waals surface area contributed by atoms with Gasteiger partial charge < -0.3 is 10.2 Å². The summed E-state index contributed by atoms with van der Waals surface area (Å²) in [6.45, 7) is 6.01. The summed E-state index contributed by atoms with van der Waals surface area (Å²) in [5.41, 5.74) is 3.94. The zero-order chi connectivity index (χ0) is 29.4. The molecule has 1 atom stereocenters. The summed E-state index contributed by atoms with van der Waals surface area (Å²) < 4.78 is 27.2. The van der Waals surface area contributed by atoms with Gasteiger partial charge in [0.2, 0.25) is 21.8 Å². The first-order valence-electron chi connectivity index (χ1n) is 15.2. The Morgan fingerprint density at radius 1 is 1.00 bits per heavy atom. The number of nitrogens with one attached hydrogen (secondary N) is 1. The minimum absolute atomic E-state index is 0.212. The van der Waals surface area contributed by atoms with E-state index in [4.69, 9.17) is 0 Å². The molecule has 2 aromatic rings. The summed E-state index contributed by atoms with van der Waals surface area (Å²) in [4.78, 5) is 28.2. The molecule has 0 radical (unpaired) electrons. The number of carbonyl (C=O) groups excluding carboxylic acids is 2. The fourth-order valence-electron chi connectivity index (χ4n) is 8.04. The van der Waals surface area contributed by atoms with Gasteiger partial charge in [-0.25, -0.2) is 8.42 Å². The van der Waals surface area contributed by atoms with Crippen LogP contribution in [0.15, 0.2) is 48.5 Å². The van der Waals surface area contributed by atoms with Crippen molar-refractivity contribution in [1.82, 2.24) is 10.2 Å². The summed E-state index contributed by atoms with van der Waals surface area (Å²) in [7, 11) is -3.76. The molecule has 6 rings (SSSR count). The number of rotatable bonds is 11. The van der Waals surface area contributed by atoms with E-state index in [2.05, 4.69) is 17.4 Å². The predicted octanol–water partition coefficient (Wildman–Crippen LogP) is 5.17. The van der Waals surface area contributed by atoms with Gasteiger partial charge in [0, 0.05) is 13.1 Å². The van der Waals surface area contributed by atoms with Crippen molar-refractivity contribution in [2.24, 2.45) is 17.8 Å². The van der Waals surface area contributed by atoms with Crippen LogP contribution in [0.3, 0.4) is 0 Å². The topological polar surface area (TPSA) is 86.8 Å². The molecule has 2 amide bonds. The van der Waals surface area contributed by atoms with Gasteiger partial charge in [-0.3, -0.25) is 13.9 Å². The molecule has 7 nitrogen and oxygen atoms in total. The van der Waals surface area contributed by atoms with Crippen molar-refractivity contribution in [1.29, 1.82) is 0 Å². The van der Waals surface area contributed by atoms with E-state index in [1.54, 1.807) is 6.92 Å². The monoisotopic (exact) mass is 579 g/mol. The number of nitrogens with zero attached hydrogens (tertiary/aromatic N) is 2. The van der Waals surface area contributed by atoms with Crippen LogP contribution in [0.1, 0.15) is 75.5 Å². The number of hydrogen-bond acceptors (Lipinski definition) is 4. The Morgan fingerprint density at radius 2 is 1.61 bits per heavy atom. The molecule has 1 N–H and O–H groups in total. The summed E-state index contributed by atoms with van der Waals surface area (Å²) in [5, 5.41) is 2.88. The molecule has 2 aromatic carbocycles. The number of amides is 2. The Balaban J connectivity index is 1.38. The molecule has 0 saturated heterocycles. The maximum Gasteiger partial charge on any atom is 0.244 e. The van der Waals surface area contributed by atoms with E-state index >= 15 is 0 Å². The Bertz CT molecular complexity index is 1340. The molecule has 0 heterocycles. The minimum Gasteiger partial charge on any atom is -0.354 e. The van der Waals surface area contributed by atoms with E-state index in [1.165, 1.54) is 53.3 Å². The van der Waals surface area contributed by atoms with Crippen molar-refractivity contribution < 1.29 is 18.0 Å². The van der Waals surface area contributed by atoms with E-state index in [-0.39, 0.29) is 24.4 Å². The lowest BCUT2D eigenvalue weighted by molar-refractivity contribution is -0.139. The van der Waals surface area contributed by atoms with Crippen LogP contribution in [0.5, 0.6) is 0 Å². The highest BCUT2D eigenvalue weighted by molar-refractivity contribution is 7.92. The third-order valence-electron chi connectivity index (χ3n) is 9.64. The lowest BCUT2D eigenvalue weighted by atomic mass is 9.48. The molecule has 8 heteroatoms. The molecule has 4 bridgehead atoms. The van der Waals surface area contributed by atoms with Crippen molar-refractivity contribution >= 4 is 27.5 Å². The smallest absolute Gasteiger partial charge is 0.244 e. The maximum atomic E-state index is 13.8. The molecule has 0 aromatic heterocycles. The van der Waals surface area contributed by atoms with Crippen molar-refractivity contribution in [3.8, 4) is 0 Å². The largest absolute Gasteiger partial charge is 0.354 e. The van der Waals surface area contributed by atoms with Gasteiger partial charge in [0.1, 0.15) is 12.6 Å². The molecule has 1 unspecified atom stereocenters. The van der Waals surface area contributed by atoms with Crippen LogP contribution in [0.2, 0.25) is 0 Å². The molecule has 4 fully saturated rings. The Hall–Kier alpha value is -2.87. The van der Waals surface area contributed by atoms with Crippen LogP contribution in [0.4, 0.5) is 5.69 Å². The van der Waals surface area contributed by atoms with Gasteiger partial charge in [-0.05, 0) is 105 Å². The van der Waals surface area contributed by atoms with E-state index in [0.717, 1.165) is 41.6 Å². The first-order chi connectivity index (χ1) is 19.5. The average Bonchev–Trinajstić information content (AvgIpc) is 2.91. The number of sulfonamides is 1. The van der Waals surface area contributed by atoms with Crippen LogP contribution in [-0.4, -0.2) is 50.5 Å². The molecule has 4 aliphatic carbocycles. The molecular weight excluding hydrogens is 534 g/mol. The first kappa shape index (κ1) is 29.6. The van der Waals surface area contributed by atoms with Gasteiger partial charge in [0.05, 0.1) is 11.9 Å². The standard InChI is InChI=1S/C33H45N3O4S/c1-5-13-34-32(38)24(3)35(21-25-8-6-7-23(2)14-25)31(37)22-36(41(4,39)40)30-11-9-29(10-12-30)33-18-26-15-27(19-33)17-28(16-26)20-33/h6-12,14,24,26-28H,5,13,15-22H2,1-4H3,(H,34,38). The molecule has 4 aliphatic rings. The number of benzene rings is 2. The fraction of sp³-hybridized carbons (Fsp3) is 0.576. The van der Waals surface area contributed by atoms with Crippen LogP contribution < -0.4 is 9.62 Å². The molecule has 0 spiro atoms.